The quantitative estimate of drug-likeness (QED) is 0.902. The summed E-state index contributed by atoms with van der Waals surface area (Å²) in [6.45, 7) is 0. The van der Waals surface area contributed by atoms with Crippen LogP contribution >= 0.6 is 11.6 Å². The van der Waals surface area contributed by atoms with Crippen molar-refractivity contribution in [3.05, 3.63) is 35.9 Å². The van der Waals surface area contributed by atoms with Crippen molar-refractivity contribution in [3.63, 3.8) is 0 Å². The lowest BCUT2D eigenvalue weighted by Gasteiger charge is -2.36. The summed E-state index contributed by atoms with van der Waals surface area (Å²) in [6, 6.07) is 5.19. The molecule has 1 heterocycles. The largest absolute Gasteiger partial charge is 0.323 e. The van der Waals surface area contributed by atoms with Crippen LogP contribution in [0.15, 0.2) is 30.9 Å². The highest BCUT2D eigenvalue weighted by molar-refractivity contribution is 6.31. The lowest BCUT2D eigenvalue weighted by Crippen LogP contribution is -2.56. The molecule has 104 valence electrons. The monoisotopic (exact) mass is 291 g/mol. The molecule has 3 N–H and O–H groups in total. The Hall–Kier alpha value is -1.92. The maximum absolute atomic E-state index is 12.2. The molecular weight excluding hydrogens is 278 g/mol. The maximum atomic E-state index is 12.2. The molecule has 0 atom stereocenters. The molecule has 20 heavy (non-hydrogen) atoms. The summed E-state index contributed by atoms with van der Waals surface area (Å²) >= 11 is 6.00. The van der Waals surface area contributed by atoms with E-state index >= 15 is 0 Å². The van der Waals surface area contributed by atoms with Crippen molar-refractivity contribution in [1.82, 2.24) is 14.8 Å². The first-order valence-electron chi connectivity index (χ1n) is 6.33. The van der Waals surface area contributed by atoms with Crippen molar-refractivity contribution in [2.45, 2.75) is 24.8 Å². The zero-order valence-electron chi connectivity index (χ0n) is 10.7. The van der Waals surface area contributed by atoms with Crippen LogP contribution in [0.2, 0.25) is 5.02 Å². The third kappa shape index (κ3) is 2.28. The smallest absolute Gasteiger partial charge is 0.244 e. The third-order valence-corrected chi connectivity index (χ3v) is 3.81. The van der Waals surface area contributed by atoms with Crippen molar-refractivity contribution in [2.75, 3.05) is 5.32 Å². The van der Waals surface area contributed by atoms with Crippen LogP contribution in [0.1, 0.15) is 19.3 Å². The van der Waals surface area contributed by atoms with Crippen LogP contribution in [0.3, 0.4) is 0 Å². The lowest BCUT2D eigenvalue weighted by molar-refractivity contribution is -0.123. The number of nitrogens with two attached hydrogens (primary N) is 1. The molecule has 3 rings (SSSR count). The minimum absolute atomic E-state index is 0.188. The Morgan fingerprint density at radius 1 is 1.45 bits per heavy atom. The van der Waals surface area contributed by atoms with Crippen LogP contribution in [-0.4, -0.2) is 26.2 Å². The van der Waals surface area contributed by atoms with E-state index in [2.05, 4.69) is 15.4 Å². The second kappa shape index (κ2) is 4.88. The number of nitrogens with one attached hydrogen (secondary N) is 1. The van der Waals surface area contributed by atoms with E-state index < -0.39 is 5.54 Å². The Bertz CT molecular complexity index is 636. The fourth-order valence-electron chi connectivity index (χ4n) is 2.17. The van der Waals surface area contributed by atoms with Gasteiger partial charge in [-0.05, 0) is 37.5 Å². The van der Waals surface area contributed by atoms with Gasteiger partial charge in [0.2, 0.25) is 5.91 Å². The summed E-state index contributed by atoms with van der Waals surface area (Å²) in [6.07, 6.45) is 5.38. The molecule has 0 spiro atoms. The summed E-state index contributed by atoms with van der Waals surface area (Å²) in [7, 11) is 0. The second-order valence-electron chi connectivity index (χ2n) is 4.97. The number of amides is 1. The van der Waals surface area contributed by atoms with E-state index in [1.165, 1.54) is 6.33 Å². The van der Waals surface area contributed by atoms with E-state index in [1.54, 1.807) is 29.2 Å². The van der Waals surface area contributed by atoms with Gasteiger partial charge in [-0.3, -0.25) is 4.79 Å². The number of benzene rings is 1. The normalized spacial score (nSPS) is 16.5. The summed E-state index contributed by atoms with van der Waals surface area (Å²) in [5, 5.41) is 7.44. The van der Waals surface area contributed by atoms with Gasteiger partial charge in [0.05, 0.1) is 16.9 Å². The molecule has 0 radical (unpaired) electrons. The maximum Gasteiger partial charge on any atom is 0.244 e. The van der Waals surface area contributed by atoms with Gasteiger partial charge in [-0.25, -0.2) is 9.67 Å². The number of rotatable bonds is 3. The minimum atomic E-state index is -0.762. The van der Waals surface area contributed by atoms with Crippen LogP contribution in [0, 0.1) is 0 Å². The molecule has 1 fully saturated rings. The van der Waals surface area contributed by atoms with E-state index in [0.29, 0.717) is 29.2 Å². The average molecular weight is 292 g/mol. The molecule has 1 saturated carbocycles. The minimum Gasteiger partial charge on any atom is -0.323 e. The molecule has 1 aromatic heterocycles. The fourth-order valence-corrected chi connectivity index (χ4v) is 2.34. The summed E-state index contributed by atoms with van der Waals surface area (Å²) < 4.78 is 1.57. The van der Waals surface area contributed by atoms with Crippen LogP contribution in [0.4, 0.5) is 5.69 Å². The van der Waals surface area contributed by atoms with Gasteiger partial charge in [0, 0.05) is 5.02 Å². The Morgan fingerprint density at radius 2 is 2.25 bits per heavy atom. The van der Waals surface area contributed by atoms with Crippen molar-refractivity contribution >= 4 is 23.2 Å². The molecule has 0 unspecified atom stereocenters. The van der Waals surface area contributed by atoms with Crippen LogP contribution in [0.5, 0.6) is 0 Å². The Balaban J connectivity index is 1.92. The molecule has 2 aromatic rings. The van der Waals surface area contributed by atoms with Crippen molar-refractivity contribution in [2.24, 2.45) is 5.73 Å². The van der Waals surface area contributed by atoms with Crippen LogP contribution < -0.4 is 11.1 Å². The van der Waals surface area contributed by atoms with Gasteiger partial charge in [0.25, 0.3) is 0 Å². The second-order valence-corrected chi connectivity index (χ2v) is 5.40. The zero-order chi connectivity index (χ0) is 14.2. The van der Waals surface area contributed by atoms with E-state index in [9.17, 15) is 4.79 Å². The van der Waals surface area contributed by atoms with Crippen molar-refractivity contribution < 1.29 is 4.79 Å². The van der Waals surface area contributed by atoms with Gasteiger partial charge in [0.15, 0.2) is 0 Å². The molecule has 0 bridgehead atoms. The number of aromatic nitrogens is 3. The predicted octanol–water partition coefficient (Wildman–Crippen LogP) is 1.74. The highest BCUT2D eigenvalue weighted by atomic mass is 35.5. The van der Waals surface area contributed by atoms with Crippen molar-refractivity contribution in [3.8, 4) is 5.69 Å². The molecule has 7 heteroatoms. The first-order valence-corrected chi connectivity index (χ1v) is 6.71. The van der Waals surface area contributed by atoms with E-state index in [1.807, 2.05) is 0 Å². The number of nitrogens with zero attached hydrogens (tertiary/aromatic N) is 3. The molecular formula is C13H14ClN5O. The molecule has 0 saturated heterocycles. The molecule has 1 aliphatic carbocycles. The molecule has 0 aliphatic heterocycles. The van der Waals surface area contributed by atoms with Gasteiger partial charge in [-0.15, -0.1) is 0 Å². The third-order valence-electron chi connectivity index (χ3n) is 3.57. The number of hydrogen-bond donors (Lipinski definition) is 2. The Kier molecular flexibility index (Phi) is 3.19. The number of anilines is 1. The number of hydrogen-bond acceptors (Lipinski definition) is 4. The SMILES string of the molecule is NC1(C(=O)Nc2cc(Cl)ccc2-n2cncn2)CCC1. The molecule has 1 amide bonds. The summed E-state index contributed by atoms with van der Waals surface area (Å²) in [5.74, 6) is -0.188. The average Bonchev–Trinajstić information content (AvgIpc) is 2.89. The summed E-state index contributed by atoms with van der Waals surface area (Å²) in [4.78, 5) is 16.1. The standard InChI is InChI=1S/C13H14ClN5O/c14-9-2-3-11(19-8-16-7-17-19)10(6-9)18-12(20)13(15)4-1-5-13/h2-3,6-8H,1,4-5,15H2,(H,18,20). The van der Waals surface area contributed by atoms with Gasteiger partial charge in [-0.1, -0.05) is 11.6 Å². The molecule has 1 aliphatic rings. The first kappa shape index (κ1) is 13.1. The van der Waals surface area contributed by atoms with Crippen molar-refractivity contribution in [1.29, 1.82) is 0 Å². The van der Waals surface area contributed by atoms with E-state index in [4.69, 9.17) is 17.3 Å². The number of halogens is 1. The van der Waals surface area contributed by atoms with Crippen LogP contribution in [-0.2, 0) is 4.79 Å². The summed E-state index contributed by atoms with van der Waals surface area (Å²) in [5.41, 5.74) is 6.53. The Morgan fingerprint density at radius 3 is 2.85 bits per heavy atom. The number of carbonyl (C=O) groups excluding carboxylic acids is 1. The molecule has 1 aromatic carbocycles. The van der Waals surface area contributed by atoms with Gasteiger partial charge in [-0.2, -0.15) is 5.10 Å². The first-order chi connectivity index (χ1) is 9.58. The predicted molar refractivity (Wildman–Crippen MR) is 75.8 cm³/mol. The number of carbonyl (C=O) groups is 1. The van der Waals surface area contributed by atoms with Crippen LogP contribution in [0.25, 0.3) is 5.69 Å². The zero-order valence-corrected chi connectivity index (χ0v) is 11.5. The Labute approximate surface area is 120 Å². The highest BCUT2D eigenvalue weighted by Gasteiger charge is 2.40. The topological polar surface area (TPSA) is 85.8 Å². The van der Waals surface area contributed by atoms with Gasteiger partial charge >= 0.3 is 0 Å². The van der Waals surface area contributed by atoms with E-state index in [0.717, 1.165) is 6.42 Å². The van der Waals surface area contributed by atoms with Gasteiger partial charge in [0.1, 0.15) is 12.7 Å². The fraction of sp³-hybridized carbons (Fsp3) is 0.308. The lowest BCUT2D eigenvalue weighted by atomic mass is 9.77. The van der Waals surface area contributed by atoms with E-state index in [-0.39, 0.29) is 5.91 Å². The van der Waals surface area contributed by atoms with Gasteiger partial charge < -0.3 is 11.1 Å². The molecule has 6 nitrogen and oxygen atoms in total. The highest BCUT2D eigenvalue weighted by Crippen LogP contribution is 2.31.